The summed E-state index contributed by atoms with van der Waals surface area (Å²) in [6.07, 6.45) is 11.2. The van der Waals surface area contributed by atoms with E-state index in [0.717, 1.165) is 48.2 Å². The lowest BCUT2D eigenvalue weighted by atomic mass is 10.0. The van der Waals surface area contributed by atoms with E-state index in [0.29, 0.717) is 0 Å². The Balaban J connectivity index is 2.52. The van der Waals surface area contributed by atoms with Crippen molar-refractivity contribution in [3.63, 3.8) is 0 Å². The zero-order valence-corrected chi connectivity index (χ0v) is 16.0. The van der Waals surface area contributed by atoms with Gasteiger partial charge in [0.15, 0.2) is 0 Å². The van der Waals surface area contributed by atoms with Crippen molar-refractivity contribution in [2.75, 3.05) is 13.9 Å². The molecule has 0 aliphatic carbocycles. The number of aryl methyl sites for hydroxylation is 1. The molecule has 2 atom stereocenters. The molecular weight excluding hydrogens is 322 g/mol. The summed E-state index contributed by atoms with van der Waals surface area (Å²) in [7, 11) is 1.63. The van der Waals surface area contributed by atoms with Gasteiger partial charge in [-0.05, 0) is 51.2 Å². The number of nitrogens with zero attached hydrogens (tertiary/aromatic N) is 1. The van der Waals surface area contributed by atoms with Crippen molar-refractivity contribution in [3.05, 3.63) is 33.8 Å². The maximum atomic E-state index is 10.6. The van der Waals surface area contributed by atoms with Gasteiger partial charge in [-0.3, -0.25) is 0 Å². The number of carbonyl (C=O) groups is 1. The first-order valence-corrected chi connectivity index (χ1v) is 9.26. The second-order valence-corrected chi connectivity index (χ2v) is 7.06. The number of aldehydes is 1. The molecule has 0 N–H and O–H groups in total. The van der Waals surface area contributed by atoms with Crippen LogP contribution in [0.5, 0.6) is 0 Å². The minimum atomic E-state index is -0.0166. The monoisotopic (exact) mass is 351 g/mol. The van der Waals surface area contributed by atoms with Gasteiger partial charge >= 0.3 is 0 Å². The molecule has 0 aromatic carbocycles. The van der Waals surface area contributed by atoms with Crippen molar-refractivity contribution in [2.24, 2.45) is 5.92 Å². The average Bonchev–Trinajstić information content (AvgIpc) is 2.97. The highest BCUT2D eigenvalue weighted by atomic mass is 32.1. The molecule has 0 radical (unpaired) electrons. The molecule has 0 spiro atoms. The lowest BCUT2D eigenvalue weighted by Crippen LogP contribution is -2.15. The maximum Gasteiger partial charge on any atom is 0.147 e. The van der Waals surface area contributed by atoms with Crippen LogP contribution in [0.25, 0.3) is 6.08 Å². The molecule has 1 aromatic rings. The number of methoxy groups -OCH3 is 1. The second-order valence-electron chi connectivity index (χ2n) is 5.99. The van der Waals surface area contributed by atoms with Gasteiger partial charge in [-0.15, -0.1) is 11.3 Å². The molecule has 1 aromatic heterocycles. The van der Waals surface area contributed by atoms with Crippen LogP contribution in [-0.2, 0) is 14.3 Å². The Morgan fingerprint density at radius 3 is 2.83 bits per heavy atom. The van der Waals surface area contributed by atoms with E-state index in [4.69, 9.17) is 9.47 Å². The second kappa shape index (κ2) is 12.1. The average molecular weight is 352 g/mol. The summed E-state index contributed by atoms with van der Waals surface area (Å²) in [5.74, 6) is 0.155. The smallest absolute Gasteiger partial charge is 0.147 e. The summed E-state index contributed by atoms with van der Waals surface area (Å²) >= 11 is 1.65. The number of rotatable bonds is 12. The van der Waals surface area contributed by atoms with Crippen molar-refractivity contribution < 1.29 is 14.3 Å². The lowest BCUT2D eigenvalue weighted by Gasteiger charge is -2.16. The molecule has 0 saturated heterocycles. The molecule has 1 heterocycles. The van der Waals surface area contributed by atoms with Crippen LogP contribution in [0.3, 0.4) is 0 Å². The Labute approximate surface area is 149 Å². The highest BCUT2D eigenvalue weighted by molar-refractivity contribution is 7.09. The molecule has 0 aliphatic heterocycles. The van der Waals surface area contributed by atoms with Crippen molar-refractivity contribution >= 4 is 23.7 Å². The molecule has 134 valence electrons. The molecule has 0 aliphatic rings. The van der Waals surface area contributed by atoms with Crippen molar-refractivity contribution in [1.82, 2.24) is 4.98 Å². The lowest BCUT2D eigenvalue weighted by molar-refractivity contribution is -0.110. The number of aromatic nitrogens is 1. The van der Waals surface area contributed by atoms with E-state index in [1.54, 1.807) is 18.4 Å². The summed E-state index contributed by atoms with van der Waals surface area (Å²) in [4.78, 5) is 15.1. The summed E-state index contributed by atoms with van der Waals surface area (Å²) < 4.78 is 10.8. The van der Waals surface area contributed by atoms with Crippen LogP contribution in [0.4, 0.5) is 0 Å². The van der Waals surface area contributed by atoms with Crippen LogP contribution in [0, 0.1) is 12.8 Å². The third-order valence-electron chi connectivity index (χ3n) is 3.69. The van der Waals surface area contributed by atoms with Crippen LogP contribution >= 0.6 is 11.3 Å². The highest BCUT2D eigenvalue weighted by Crippen LogP contribution is 2.18. The number of ether oxygens (including phenoxy) is 2. The van der Waals surface area contributed by atoms with Crippen LogP contribution < -0.4 is 0 Å². The number of hydrogen-bond donors (Lipinski definition) is 0. The summed E-state index contributed by atoms with van der Waals surface area (Å²) in [6, 6.07) is 0. The van der Waals surface area contributed by atoms with Crippen LogP contribution in [0.1, 0.15) is 50.2 Å². The number of hydrogen-bond acceptors (Lipinski definition) is 5. The Bertz CT molecular complexity index is 536. The third kappa shape index (κ3) is 8.52. The molecule has 0 saturated carbocycles. The fourth-order valence-corrected chi connectivity index (χ4v) is 2.84. The van der Waals surface area contributed by atoms with E-state index >= 15 is 0 Å². The van der Waals surface area contributed by atoms with Gasteiger partial charge in [0.05, 0.1) is 16.8 Å². The fraction of sp³-hybridized carbons (Fsp3) is 0.579. The van der Waals surface area contributed by atoms with E-state index in [1.165, 1.54) is 0 Å². The van der Waals surface area contributed by atoms with Gasteiger partial charge in [0.2, 0.25) is 0 Å². The molecule has 1 rings (SSSR count). The summed E-state index contributed by atoms with van der Waals surface area (Å²) in [5.41, 5.74) is 2.12. The van der Waals surface area contributed by atoms with E-state index in [-0.39, 0.29) is 18.8 Å². The maximum absolute atomic E-state index is 10.6. The summed E-state index contributed by atoms with van der Waals surface area (Å²) in [5, 5.41) is 3.11. The number of unbranched alkanes of at least 4 members (excludes halogenated alkanes) is 1. The van der Waals surface area contributed by atoms with E-state index in [2.05, 4.69) is 35.5 Å². The zero-order valence-electron chi connectivity index (χ0n) is 15.2. The molecule has 0 amide bonds. The first kappa shape index (κ1) is 20.7. The first-order valence-electron chi connectivity index (χ1n) is 8.38. The minimum Gasteiger partial charge on any atom is -0.359 e. The number of allylic oxidation sites excluding steroid dienone is 1. The first-order chi connectivity index (χ1) is 11.6. The largest absolute Gasteiger partial charge is 0.359 e. The Morgan fingerprint density at radius 2 is 2.21 bits per heavy atom. The van der Waals surface area contributed by atoms with E-state index in [9.17, 15) is 4.79 Å². The zero-order chi connectivity index (χ0) is 17.8. The van der Waals surface area contributed by atoms with E-state index < -0.39 is 0 Å². The molecule has 4 nitrogen and oxygen atoms in total. The number of carbonyl (C=O) groups excluding carboxylic acids is 1. The summed E-state index contributed by atoms with van der Waals surface area (Å²) in [6.45, 7) is 6.30. The third-order valence-corrected chi connectivity index (χ3v) is 4.48. The minimum absolute atomic E-state index is 0.0166. The normalized spacial score (nSPS) is 14.9. The van der Waals surface area contributed by atoms with Crippen molar-refractivity contribution in [3.8, 4) is 0 Å². The topological polar surface area (TPSA) is 48.4 Å². The highest BCUT2D eigenvalue weighted by Gasteiger charge is 2.10. The predicted molar refractivity (Wildman–Crippen MR) is 100 cm³/mol. The fourth-order valence-electron chi connectivity index (χ4n) is 2.27. The molecule has 0 unspecified atom stereocenters. The molecule has 24 heavy (non-hydrogen) atoms. The van der Waals surface area contributed by atoms with Gasteiger partial charge in [-0.2, -0.15) is 0 Å². The predicted octanol–water partition coefficient (Wildman–Crippen LogP) is 4.80. The van der Waals surface area contributed by atoms with Gasteiger partial charge in [0.25, 0.3) is 0 Å². The van der Waals surface area contributed by atoms with Crippen LogP contribution in [0.15, 0.2) is 23.1 Å². The Hall–Kier alpha value is -1.30. The molecular formula is C19H29NO3S. The van der Waals surface area contributed by atoms with Gasteiger partial charge in [0, 0.05) is 18.4 Å². The van der Waals surface area contributed by atoms with E-state index in [1.807, 2.05) is 13.8 Å². The van der Waals surface area contributed by atoms with Gasteiger partial charge in [0.1, 0.15) is 13.1 Å². The Kier molecular flexibility index (Phi) is 10.5. The van der Waals surface area contributed by atoms with Crippen LogP contribution in [0.2, 0.25) is 0 Å². The van der Waals surface area contributed by atoms with Crippen molar-refractivity contribution in [2.45, 2.75) is 52.6 Å². The number of thiazole rings is 1. The molecule has 0 bridgehead atoms. The quantitative estimate of drug-likeness (QED) is 0.235. The van der Waals surface area contributed by atoms with Gasteiger partial charge in [-0.1, -0.05) is 19.1 Å². The van der Waals surface area contributed by atoms with Crippen molar-refractivity contribution in [1.29, 1.82) is 0 Å². The SMILES string of the molecule is COCO[C@@H](C/C=C/CCC[C@H](C)C=O)/C(C)=C/c1csc(C)n1. The molecule has 0 fully saturated rings. The Morgan fingerprint density at radius 1 is 1.42 bits per heavy atom. The standard InChI is InChI=1S/C19H29NO3S/c1-15(12-21)9-7-5-6-8-10-19(23-14-22-4)16(2)11-18-13-24-17(3)20-18/h6,8,11-13,15,19H,5,7,9-10,14H2,1-4H3/b8-6+,16-11+/t15-,19-/m0/s1. The van der Waals surface area contributed by atoms with Gasteiger partial charge in [-0.25, -0.2) is 4.98 Å². The van der Waals surface area contributed by atoms with Gasteiger partial charge < -0.3 is 14.3 Å². The molecule has 5 heteroatoms. The van der Waals surface area contributed by atoms with Crippen LogP contribution in [-0.4, -0.2) is 31.3 Å².